The molecule has 0 saturated carbocycles. The van der Waals surface area contributed by atoms with Gasteiger partial charge in [0.2, 0.25) is 0 Å². The van der Waals surface area contributed by atoms with Gasteiger partial charge in [0.1, 0.15) is 23.9 Å². The van der Waals surface area contributed by atoms with Gasteiger partial charge in [-0.25, -0.2) is 4.79 Å². The number of aliphatic hydroxyl groups is 1. The zero-order valence-electron chi connectivity index (χ0n) is 36.9. The van der Waals surface area contributed by atoms with Gasteiger partial charge in [0, 0.05) is 49.8 Å². The lowest BCUT2D eigenvalue weighted by molar-refractivity contribution is -0.295. The van der Waals surface area contributed by atoms with E-state index in [1.165, 1.54) is 19.6 Å². The number of aromatic nitrogens is 1. The molecule has 0 bridgehead atoms. The highest BCUT2D eigenvalue weighted by molar-refractivity contribution is 6.00. The van der Waals surface area contributed by atoms with Gasteiger partial charge in [-0.3, -0.25) is 19.4 Å². The molecule has 0 spiro atoms. The molecule has 3 aliphatic rings. The Morgan fingerprint density at radius 1 is 0.915 bits per heavy atom. The first kappa shape index (κ1) is 46.3. The third kappa shape index (κ3) is 9.91. The van der Waals surface area contributed by atoms with Crippen LogP contribution in [0.2, 0.25) is 0 Å². The molecule has 13 heteroatoms. The van der Waals surface area contributed by atoms with E-state index < -0.39 is 83.4 Å². The van der Waals surface area contributed by atoms with Crippen LogP contribution >= 0.6 is 0 Å². The zero-order chi connectivity index (χ0) is 43.4. The van der Waals surface area contributed by atoms with E-state index in [1.54, 1.807) is 38.1 Å². The van der Waals surface area contributed by atoms with Crippen molar-refractivity contribution in [1.82, 2.24) is 14.8 Å². The third-order valence-corrected chi connectivity index (χ3v) is 13.2. The molecular weight excluding hydrogens is 755 g/mol. The van der Waals surface area contributed by atoms with Crippen molar-refractivity contribution in [2.45, 2.75) is 148 Å². The molecule has 13 atom stereocenters. The van der Waals surface area contributed by atoms with E-state index in [1.807, 2.05) is 58.8 Å². The number of Topliss-reactive ketones (excluding diaryl/α,β-unsaturated/α-hetero) is 2. The quantitative estimate of drug-likeness (QED) is 0.154. The molecule has 326 valence electrons. The fourth-order valence-electron chi connectivity index (χ4n) is 9.73. The van der Waals surface area contributed by atoms with Crippen LogP contribution in [0.5, 0.6) is 0 Å². The number of carbonyl (C=O) groups is 4. The van der Waals surface area contributed by atoms with Crippen LogP contribution in [-0.2, 0) is 44.5 Å². The molecule has 1 aromatic carbocycles. The van der Waals surface area contributed by atoms with Crippen LogP contribution in [0.25, 0.3) is 11.1 Å². The molecule has 3 aliphatic heterocycles. The normalized spacial score (nSPS) is 36.2. The summed E-state index contributed by atoms with van der Waals surface area (Å²) in [6.07, 6.45) is 1.78. The van der Waals surface area contributed by atoms with E-state index in [0.717, 1.165) is 24.0 Å². The highest BCUT2D eigenvalue weighted by Gasteiger charge is 2.60. The molecule has 2 aromatic rings. The highest BCUT2D eigenvalue weighted by atomic mass is 16.7. The van der Waals surface area contributed by atoms with Crippen LogP contribution in [-0.4, -0.2) is 125 Å². The number of amides is 1. The van der Waals surface area contributed by atoms with Gasteiger partial charge >= 0.3 is 12.1 Å². The lowest BCUT2D eigenvalue weighted by Crippen LogP contribution is -2.60. The Labute approximate surface area is 350 Å². The first-order valence-corrected chi connectivity index (χ1v) is 21.3. The maximum atomic E-state index is 14.7. The number of likely N-dealkylation sites (N-methyl/N-ethyl adjacent to an activating group) is 1. The highest BCUT2D eigenvalue weighted by Crippen LogP contribution is 2.43. The fourth-order valence-corrected chi connectivity index (χ4v) is 9.73. The Kier molecular flexibility index (Phi) is 15.2. The number of ketones is 2. The van der Waals surface area contributed by atoms with Gasteiger partial charge in [-0.05, 0) is 109 Å². The maximum absolute atomic E-state index is 14.7. The molecule has 13 nitrogen and oxygen atoms in total. The maximum Gasteiger partial charge on any atom is 0.410 e. The van der Waals surface area contributed by atoms with E-state index in [4.69, 9.17) is 23.7 Å². The number of nitrogens with zero attached hydrogens (tertiary/aromatic N) is 3. The summed E-state index contributed by atoms with van der Waals surface area (Å²) >= 11 is 0. The number of fused-ring (bicyclic) bond motifs is 1. The number of aryl methyl sites for hydroxylation is 1. The predicted molar refractivity (Wildman–Crippen MR) is 222 cm³/mol. The number of unbranched alkanes of at least 4 members (excludes halogenated alkanes) is 1. The number of ether oxygens (including phenoxy) is 5. The van der Waals surface area contributed by atoms with Crippen LogP contribution in [0.15, 0.2) is 48.8 Å². The number of cyclic esters (lactones) is 1. The van der Waals surface area contributed by atoms with Crippen molar-refractivity contribution >= 4 is 23.6 Å². The molecule has 0 unspecified atom stereocenters. The van der Waals surface area contributed by atoms with Gasteiger partial charge in [-0.2, -0.15) is 0 Å². The Balaban J connectivity index is 1.42. The van der Waals surface area contributed by atoms with Crippen molar-refractivity contribution < 1.29 is 48.0 Å². The minimum absolute atomic E-state index is 0.137. The number of pyridine rings is 1. The predicted octanol–water partition coefficient (Wildman–Crippen LogP) is 6.28. The summed E-state index contributed by atoms with van der Waals surface area (Å²) in [4.78, 5) is 64.6. The lowest BCUT2D eigenvalue weighted by Gasteiger charge is -2.47. The van der Waals surface area contributed by atoms with E-state index in [0.29, 0.717) is 19.4 Å². The number of methoxy groups -OCH3 is 1. The van der Waals surface area contributed by atoms with Gasteiger partial charge in [-0.15, -0.1) is 0 Å². The number of benzene rings is 1. The summed E-state index contributed by atoms with van der Waals surface area (Å²) in [6, 6.07) is 11.3. The van der Waals surface area contributed by atoms with E-state index in [-0.39, 0.29) is 30.8 Å². The summed E-state index contributed by atoms with van der Waals surface area (Å²) in [5.41, 5.74) is 0.722. The molecule has 59 heavy (non-hydrogen) atoms. The lowest BCUT2D eigenvalue weighted by atomic mass is 9.73. The standard InChI is InChI=1S/C46H67N3O10/c1-12-36-46(8)40(49(44(54)59-46)24-14-13-15-32-16-18-33(19-17-32)34-20-22-47-23-21-34)29(4)37(50)27(2)26-45(7,55-11)41(30(5)38(51)31(6)42(53)57-36)58-43-39(52)35(48(9)10)25-28(3)56-43/h16-23,27-31,35-36,39-41,43,52H,12-15,24-26H2,1-11H3/t27-,28-,29+,30+,31-,35+,36-,39-,40-,41-,43+,45-,46-/m1/s1. The summed E-state index contributed by atoms with van der Waals surface area (Å²) in [6.45, 7) is 14.4. The van der Waals surface area contributed by atoms with Crippen LogP contribution < -0.4 is 0 Å². The molecule has 0 radical (unpaired) electrons. The summed E-state index contributed by atoms with van der Waals surface area (Å²) in [5, 5.41) is 11.4. The average molecular weight is 822 g/mol. The van der Waals surface area contributed by atoms with Gasteiger partial charge in [-0.1, -0.05) is 52.0 Å². The molecule has 3 saturated heterocycles. The van der Waals surface area contributed by atoms with E-state index in [2.05, 4.69) is 29.2 Å². The number of rotatable bonds is 11. The SMILES string of the molecule is CC[C@H]1OC(=O)[C@H](C)C(=O)[C@H](C)[C@@H](O[C@@H]2O[C@H](C)C[C@H](N(C)C)[C@H]2O)[C@](C)(OC)C[C@@H](C)C(=O)[C@H](C)[C@H]2N(CCCCc3ccc(-c4ccncc4)cc3)C(=O)O[C@]12C. The molecule has 5 rings (SSSR count). The van der Waals surface area contributed by atoms with Gasteiger partial charge in [0.25, 0.3) is 0 Å². The van der Waals surface area contributed by atoms with Gasteiger partial charge in [0.15, 0.2) is 17.7 Å². The zero-order valence-corrected chi connectivity index (χ0v) is 36.9. The molecule has 1 N–H and O–H groups in total. The summed E-state index contributed by atoms with van der Waals surface area (Å²) in [5.74, 6) is -4.89. The first-order valence-electron chi connectivity index (χ1n) is 21.3. The monoisotopic (exact) mass is 821 g/mol. The molecule has 0 aliphatic carbocycles. The molecule has 4 heterocycles. The van der Waals surface area contributed by atoms with Gasteiger partial charge in [0.05, 0.1) is 23.9 Å². The van der Waals surface area contributed by atoms with Crippen LogP contribution in [0.4, 0.5) is 4.79 Å². The van der Waals surface area contributed by atoms with Crippen molar-refractivity contribution in [2.75, 3.05) is 27.7 Å². The van der Waals surface area contributed by atoms with E-state index in [9.17, 15) is 24.3 Å². The van der Waals surface area contributed by atoms with Crippen molar-refractivity contribution in [1.29, 1.82) is 0 Å². The number of esters is 1. The Bertz CT molecular complexity index is 1760. The van der Waals surface area contributed by atoms with Crippen molar-refractivity contribution in [2.24, 2.45) is 23.7 Å². The largest absolute Gasteiger partial charge is 0.458 e. The number of hydrogen-bond donors (Lipinski definition) is 1. The number of aliphatic hydroxyl groups excluding tert-OH is 1. The number of carbonyl (C=O) groups excluding carboxylic acids is 4. The Morgan fingerprint density at radius 2 is 1.56 bits per heavy atom. The summed E-state index contributed by atoms with van der Waals surface area (Å²) in [7, 11) is 5.25. The third-order valence-electron chi connectivity index (χ3n) is 13.2. The molecule has 3 fully saturated rings. The Hall–Kier alpha value is -3.75. The van der Waals surface area contributed by atoms with Crippen molar-refractivity contribution in [3.63, 3.8) is 0 Å². The summed E-state index contributed by atoms with van der Waals surface area (Å²) < 4.78 is 31.3. The second-order valence-corrected chi connectivity index (χ2v) is 17.8. The minimum atomic E-state index is -1.39. The smallest absolute Gasteiger partial charge is 0.410 e. The molecule has 1 aromatic heterocycles. The van der Waals surface area contributed by atoms with Crippen molar-refractivity contribution in [3.8, 4) is 11.1 Å². The Morgan fingerprint density at radius 3 is 2.17 bits per heavy atom. The number of hydrogen-bond acceptors (Lipinski definition) is 12. The van der Waals surface area contributed by atoms with Crippen LogP contribution in [0.1, 0.15) is 93.1 Å². The molecule has 1 amide bonds. The fraction of sp³-hybridized carbons (Fsp3) is 0.674. The second-order valence-electron chi connectivity index (χ2n) is 17.8. The van der Waals surface area contributed by atoms with Crippen molar-refractivity contribution in [3.05, 3.63) is 54.4 Å². The first-order chi connectivity index (χ1) is 27.9. The minimum Gasteiger partial charge on any atom is -0.458 e. The van der Waals surface area contributed by atoms with E-state index >= 15 is 0 Å². The topological polar surface area (TPSA) is 154 Å². The van der Waals surface area contributed by atoms with Gasteiger partial charge < -0.3 is 38.6 Å². The van der Waals surface area contributed by atoms with Crippen LogP contribution in [0, 0.1) is 23.7 Å². The van der Waals surface area contributed by atoms with Crippen LogP contribution in [0.3, 0.4) is 0 Å². The second kappa shape index (κ2) is 19.3. The molecular formula is C46H67N3O10. The average Bonchev–Trinajstić information content (AvgIpc) is 3.48.